The number of nitrogens with two attached hydrogens (primary N) is 1. The van der Waals surface area contributed by atoms with Gasteiger partial charge < -0.3 is 20.5 Å². The predicted octanol–water partition coefficient (Wildman–Crippen LogP) is 0.863. The average molecular weight is 238 g/mol. The van der Waals surface area contributed by atoms with Gasteiger partial charge in [-0.1, -0.05) is 12.2 Å². The molecule has 86 valence electrons. The van der Waals surface area contributed by atoms with Crippen LogP contribution in [-0.2, 0) is 4.74 Å². The first-order valence-corrected chi connectivity index (χ1v) is 5.55. The molecule has 0 spiro atoms. The minimum Gasteiger partial charge on any atom is -0.507 e. The van der Waals surface area contributed by atoms with E-state index in [1.165, 1.54) is 0 Å². The molecular weight excluding hydrogens is 224 g/mol. The third-order valence-corrected chi connectivity index (χ3v) is 2.84. The van der Waals surface area contributed by atoms with Gasteiger partial charge in [0.1, 0.15) is 10.7 Å². The first-order valence-electron chi connectivity index (χ1n) is 5.14. The molecule has 0 aromatic heterocycles. The number of rotatable bonds is 2. The Bertz CT molecular complexity index is 403. The Morgan fingerprint density at radius 2 is 2.06 bits per heavy atom. The third kappa shape index (κ3) is 2.25. The topological polar surface area (TPSA) is 58.7 Å². The number of morpholine rings is 1. The molecule has 0 aliphatic carbocycles. The van der Waals surface area contributed by atoms with Crippen LogP contribution in [0.1, 0.15) is 5.56 Å². The number of benzene rings is 1. The van der Waals surface area contributed by atoms with E-state index in [0.717, 1.165) is 32.0 Å². The van der Waals surface area contributed by atoms with Gasteiger partial charge in [0.2, 0.25) is 0 Å². The Hall–Kier alpha value is -1.33. The smallest absolute Gasteiger partial charge is 0.127 e. The molecule has 1 aromatic rings. The van der Waals surface area contributed by atoms with Crippen LogP contribution in [0.2, 0.25) is 0 Å². The van der Waals surface area contributed by atoms with Gasteiger partial charge >= 0.3 is 0 Å². The van der Waals surface area contributed by atoms with Crippen molar-refractivity contribution < 1.29 is 9.84 Å². The Balaban J connectivity index is 2.23. The van der Waals surface area contributed by atoms with Gasteiger partial charge in [-0.05, 0) is 12.1 Å². The second kappa shape index (κ2) is 4.67. The molecule has 0 atom stereocenters. The number of ether oxygens (including phenoxy) is 1. The second-order valence-corrected chi connectivity index (χ2v) is 4.10. The Morgan fingerprint density at radius 1 is 1.38 bits per heavy atom. The van der Waals surface area contributed by atoms with Gasteiger partial charge in [-0.3, -0.25) is 0 Å². The molecule has 0 radical (unpaired) electrons. The Labute approximate surface area is 99.6 Å². The van der Waals surface area contributed by atoms with Crippen LogP contribution in [0.25, 0.3) is 0 Å². The molecule has 1 aliphatic rings. The quantitative estimate of drug-likeness (QED) is 0.748. The normalized spacial score (nSPS) is 16.1. The number of phenolic OH excluding ortho intramolecular Hbond substituents is 1. The van der Waals surface area contributed by atoms with Crippen molar-refractivity contribution in [2.24, 2.45) is 5.73 Å². The SMILES string of the molecule is NC(=S)c1ccc(N2CCOCC2)cc1O. The number of hydrogen-bond donors (Lipinski definition) is 2. The average Bonchev–Trinajstić information content (AvgIpc) is 2.29. The fourth-order valence-electron chi connectivity index (χ4n) is 1.75. The van der Waals surface area contributed by atoms with Crippen LogP contribution in [0.5, 0.6) is 5.75 Å². The van der Waals surface area contributed by atoms with Crippen molar-refractivity contribution in [3.8, 4) is 5.75 Å². The molecular formula is C11H14N2O2S. The molecule has 3 N–H and O–H groups in total. The van der Waals surface area contributed by atoms with Crippen LogP contribution >= 0.6 is 12.2 Å². The molecule has 0 amide bonds. The van der Waals surface area contributed by atoms with E-state index in [9.17, 15) is 5.11 Å². The lowest BCUT2D eigenvalue weighted by molar-refractivity contribution is 0.122. The van der Waals surface area contributed by atoms with E-state index in [1.807, 2.05) is 6.07 Å². The summed E-state index contributed by atoms with van der Waals surface area (Å²) in [6.45, 7) is 3.12. The number of hydrogen-bond acceptors (Lipinski definition) is 4. The van der Waals surface area contributed by atoms with E-state index in [1.54, 1.807) is 12.1 Å². The molecule has 4 nitrogen and oxygen atoms in total. The van der Waals surface area contributed by atoms with Gasteiger partial charge in [-0.2, -0.15) is 0 Å². The number of anilines is 1. The molecule has 1 aliphatic heterocycles. The summed E-state index contributed by atoms with van der Waals surface area (Å²) in [6, 6.07) is 5.36. The van der Waals surface area contributed by atoms with Gasteiger partial charge in [0.15, 0.2) is 0 Å². The van der Waals surface area contributed by atoms with E-state index in [4.69, 9.17) is 22.7 Å². The standard InChI is InChI=1S/C11H14N2O2S/c12-11(16)9-2-1-8(7-10(9)14)13-3-5-15-6-4-13/h1-2,7,14H,3-6H2,(H2,12,16). The summed E-state index contributed by atoms with van der Waals surface area (Å²) in [5.41, 5.74) is 6.97. The van der Waals surface area contributed by atoms with Gasteiger partial charge in [0.05, 0.1) is 18.8 Å². The summed E-state index contributed by atoms with van der Waals surface area (Å²) < 4.78 is 5.27. The van der Waals surface area contributed by atoms with Crippen molar-refractivity contribution in [2.75, 3.05) is 31.2 Å². The van der Waals surface area contributed by atoms with Gasteiger partial charge in [-0.25, -0.2) is 0 Å². The van der Waals surface area contributed by atoms with E-state index < -0.39 is 0 Å². The largest absolute Gasteiger partial charge is 0.507 e. The zero-order chi connectivity index (χ0) is 11.5. The summed E-state index contributed by atoms with van der Waals surface area (Å²) in [7, 11) is 0. The Kier molecular flexibility index (Phi) is 3.26. The van der Waals surface area contributed by atoms with Crippen molar-refractivity contribution in [3.05, 3.63) is 23.8 Å². The highest BCUT2D eigenvalue weighted by Crippen LogP contribution is 2.25. The first-order chi connectivity index (χ1) is 7.68. The van der Waals surface area contributed by atoms with Gasteiger partial charge in [-0.15, -0.1) is 0 Å². The maximum atomic E-state index is 9.77. The van der Waals surface area contributed by atoms with E-state index in [2.05, 4.69) is 4.90 Å². The zero-order valence-corrected chi connectivity index (χ0v) is 9.67. The number of nitrogens with zero attached hydrogens (tertiary/aromatic N) is 1. The zero-order valence-electron chi connectivity index (χ0n) is 8.85. The summed E-state index contributed by atoms with van der Waals surface area (Å²) in [5, 5.41) is 9.77. The maximum absolute atomic E-state index is 9.77. The lowest BCUT2D eigenvalue weighted by Gasteiger charge is -2.29. The van der Waals surface area contributed by atoms with Crippen LogP contribution in [0.3, 0.4) is 0 Å². The molecule has 5 heteroatoms. The van der Waals surface area contributed by atoms with Crippen LogP contribution in [0.15, 0.2) is 18.2 Å². The molecule has 0 saturated carbocycles. The van der Waals surface area contributed by atoms with Crippen LogP contribution in [0, 0.1) is 0 Å². The summed E-state index contributed by atoms with van der Waals surface area (Å²) in [6.07, 6.45) is 0. The number of phenols is 1. The van der Waals surface area contributed by atoms with Crippen molar-refractivity contribution in [1.29, 1.82) is 0 Å². The third-order valence-electron chi connectivity index (χ3n) is 2.62. The molecule has 16 heavy (non-hydrogen) atoms. The number of thiocarbonyl (C=S) groups is 1. The first kappa shape index (κ1) is 11.2. The van der Waals surface area contributed by atoms with Crippen molar-refractivity contribution in [3.63, 3.8) is 0 Å². The molecule has 0 unspecified atom stereocenters. The van der Waals surface area contributed by atoms with E-state index in [-0.39, 0.29) is 10.7 Å². The Morgan fingerprint density at radius 3 is 2.62 bits per heavy atom. The van der Waals surface area contributed by atoms with Crippen LogP contribution < -0.4 is 10.6 Å². The fourth-order valence-corrected chi connectivity index (χ4v) is 1.92. The number of aromatic hydroxyl groups is 1. The minimum absolute atomic E-state index is 0.136. The van der Waals surface area contributed by atoms with Crippen molar-refractivity contribution >= 4 is 22.9 Å². The maximum Gasteiger partial charge on any atom is 0.127 e. The van der Waals surface area contributed by atoms with Crippen molar-refractivity contribution in [2.45, 2.75) is 0 Å². The molecule has 1 saturated heterocycles. The van der Waals surface area contributed by atoms with E-state index >= 15 is 0 Å². The van der Waals surface area contributed by atoms with Gasteiger partial charge in [0.25, 0.3) is 0 Å². The molecule has 2 rings (SSSR count). The highest BCUT2D eigenvalue weighted by atomic mass is 32.1. The molecule has 0 bridgehead atoms. The van der Waals surface area contributed by atoms with Crippen LogP contribution in [0.4, 0.5) is 5.69 Å². The molecule has 1 aromatic carbocycles. The summed E-state index contributed by atoms with van der Waals surface area (Å²) in [5.74, 6) is 0.136. The van der Waals surface area contributed by atoms with Gasteiger partial charge in [0, 0.05) is 24.8 Å². The van der Waals surface area contributed by atoms with Crippen molar-refractivity contribution in [1.82, 2.24) is 0 Å². The second-order valence-electron chi connectivity index (χ2n) is 3.67. The molecule has 1 fully saturated rings. The van der Waals surface area contributed by atoms with Crippen LogP contribution in [-0.4, -0.2) is 36.4 Å². The minimum atomic E-state index is 0.136. The summed E-state index contributed by atoms with van der Waals surface area (Å²) in [4.78, 5) is 2.37. The monoisotopic (exact) mass is 238 g/mol. The highest BCUT2D eigenvalue weighted by Gasteiger charge is 2.13. The van der Waals surface area contributed by atoms with E-state index in [0.29, 0.717) is 5.56 Å². The lowest BCUT2D eigenvalue weighted by atomic mass is 10.1. The fraction of sp³-hybridized carbons (Fsp3) is 0.364. The predicted molar refractivity (Wildman–Crippen MR) is 67.0 cm³/mol. The summed E-state index contributed by atoms with van der Waals surface area (Å²) >= 11 is 4.83. The lowest BCUT2D eigenvalue weighted by Crippen LogP contribution is -2.36. The molecule has 1 heterocycles. The highest BCUT2D eigenvalue weighted by molar-refractivity contribution is 7.80.